The van der Waals surface area contributed by atoms with Crippen molar-refractivity contribution in [1.82, 2.24) is 4.98 Å². The first kappa shape index (κ1) is 19.9. The van der Waals surface area contributed by atoms with E-state index < -0.39 is 15.3 Å². The number of nitriles is 1. The molecule has 0 aliphatic heterocycles. The lowest BCUT2D eigenvalue weighted by Gasteiger charge is -2.14. The molecule has 1 atom stereocenters. The molecule has 0 saturated carbocycles. The second kappa shape index (κ2) is 7.86. The number of hydrogen-bond donors (Lipinski definition) is 2. The zero-order valence-corrected chi connectivity index (χ0v) is 16.1. The summed E-state index contributed by atoms with van der Waals surface area (Å²) in [5.41, 5.74) is 2.49. The topological polar surface area (TPSA) is 126 Å². The Labute approximate surface area is 156 Å². The molecule has 0 saturated heterocycles. The van der Waals surface area contributed by atoms with Gasteiger partial charge in [-0.05, 0) is 56.7 Å². The first-order valence-corrected chi connectivity index (χ1v) is 10.0. The molecular formula is C17H18N4O3S2. The molecule has 9 heteroatoms. The molecule has 7 nitrogen and oxygen atoms in total. The molecule has 136 valence electrons. The van der Waals surface area contributed by atoms with Gasteiger partial charge < -0.3 is 5.32 Å². The average Bonchev–Trinajstić information content (AvgIpc) is 2.54. The molecule has 0 fully saturated rings. The van der Waals surface area contributed by atoms with Gasteiger partial charge in [0.1, 0.15) is 11.1 Å². The number of primary sulfonamides is 1. The molecule has 1 aromatic heterocycles. The van der Waals surface area contributed by atoms with Crippen LogP contribution >= 0.6 is 11.8 Å². The van der Waals surface area contributed by atoms with E-state index in [1.54, 1.807) is 6.92 Å². The molecule has 1 heterocycles. The van der Waals surface area contributed by atoms with E-state index in [0.717, 1.165) is 11.3 Å². The molecule has 0 bridgehead atoms. The Hall–Kier alpha value is -2.41. The predicted octanol–water partition coefficient (Wildman–Crippen LogP) is 2.34. The van der Waals surface area contributed by atoms with E-state index in [1.807, 2.05) is 19.9 Å². The van der Waals surface area contributed by atoms with Crippen molar-refractivity contribution >= 4 is 33.4 Å². The van der Waals surface area contributed by atoms with Gasteiger partial charge in [-0.25, -0.2) is 18.5 Å². The van der Waals surface area contributed by atoms with Gasteiger partial charge >= 0.3 is 0 Å². The van der Waals surface area contributed by atoms with Crippen molar-refractivity contribution < 1.29 is 13.2 Å². The molecule has 0 aliphatic rings. The smallest absolute Gasteiger partial charge is 0.238 e. The minimum absolute atomic E-state index is 0.0315. The van der Waals surface area contributed by atoms with E-state index in [0.29, 0.717) is 16.3 Å². The van der Waals surface area contributed by atoms with Crippen LogP contribution in [0.15, 0.2) is 40.3 Å². The highest BCUT2D eigenvalue weighted by Gasteiger charge is 2.19. The summed E-state index contributed by atoms with van der Waals surface area (Å²) in [4.78, 5) is 16.7. The number of nitrogens with one attached hydrogen (secondary N) is 1. The van der Waals surface area contributed by atoms with Crippen molar-refractivity contribution in [3.05, 3.63) is 47.2 Å². The normalized spacial score (nSPS) is 12.3. The summed E-state index contributed by atoms with van der Waals surface area (Å²) in [6.45, 7) is 5.37. The molecule has 2 rings (SSSR count). The van der Waals surface area contributed by atoms with Crippen LogP contribution in [-0.4, -0.2) is 24.6 Å². The van der Waals surface area contributed by atoms with Crippen molar-refractivity contribution in [2.75, 3.05) is 5.32 Å². The Morgan fingerprint density at radius 2 is 1.92 bits per heavy atom. The molecular weight excluding hydrogens is 372 g/mol. The standard InChI is InChI=1S/C17H18N4O3S2/c1-10-8-11(2)20-17(15(10)9-18)25-12(3)16(22)21-13-4-6-14(7-5-13)26(19,23)24/h4-8,12H,1-3H3,(H,21,22)(H2,19,23,24)/t12-/m1/s1. The monoisotopic (exact) mass is 390 g/mol. The van der Waals surface area contributed by atoms with Gasteiger partial charge in [0, 0.05) is 11.4 Å². The molecule has 1 amide bonds. The lowest BCUT2D eigenvalue weighted by atomic mass is 10.1. The third kappa shape index (κ3) is 4.82. The number of carbonyl (C=O) groups is 1. The van der Waals surface area contributed by atoms with Crippen LogP contribution in [0.2, 0.25) is 0 Å². The fourth-order valence-corrected chi connectivity index (χ4v) is 3.75. The number of sulfonamides is 1. The second-order valence-electron chi connectivity index (χ2n) is 5.69. The summed E-state index contributed by atoms with van der Waals surface area (Å²) in [5.74, 6) is -0.289. The molecule has 0 unspecified atom stereocenters. The summed E-state index contributed by atoms with van der Waals surface area (Å²) in [6.07, 6.45) is 0. The second-order valence-corrected chi connectivity index (χ2v) is 8.58. The van der Waals surface area contributed by atoms with Crippen LogP contribution in [0.4, 0.5) is 5.69 Å². The summed E-state index contributed by atoms with van der Waals surface area (Å²) < 4.78 is 22.5. The number of amides is 1. The Balaban J connectivity index is 2.13. The number of aromatic nitrogens is 1. The number of pyridine rings is 1. The van der Waals surface area contributed by atoms with Gasteiger partial charge in [-0.15, -0.1) is 0 Å². The fourth-order valence-electron chi connectivity index (χ4n) is 2.22. The first-order chi connectivity index (χ1) is 12.1. The van der Waals surface area contributed by atoms with Crippen LogP contribution < -0.4 is 10.5 Å². The van der Waals surface area contributed by atoms with Crippen molar-refractivity contribution in [3.8, 4) is 6.07 Å². The van der Waals surface area contributed by atoms with Crippen LogP contribution in [0, 0.1) is 25.2 Å². The maximum atomic E-state index is 12.4. The van der Waals surface area contributed by atoms with Gasteiger partial charge in [-0.1, -0.05) is 11.8 Å². The first-order valence-electron chi connectivity index (χ1n) is 7.60. The van der Waals surface area contributed by atoms with Crippen molar-refractivity contribution in [2.24, 2.45) is 5.14 Å². The number of thioether (sulfide) groups is 1. The molecule has 1 aromatic carbocycles. The van der Waals surface area contributed by atoms with Crippen LogP contribution in [0.3, 0.4) is 0 Å². The largest absolute Gasteiger partial charge is 0.325 e. The van der Waals surface area contributed by atoms with Crippen molar-refractivity contribution in [3.63, 3.8) is 0 Å². The van der Waals surface area contributed by atoms with E-state index in [1.165, 1.54) is 36.0 Å². The van der Waals surface area contributed by atoms with Gasteiger partial charge in [0.05, 0.1) is 15.7 Å². The Morgan fingerprint density at radius 1 is 1.31 bits per heavy atom. The number of rotatable bonds is 5. The molecule has 26 heavy (non-hydrogen) atoms. The molecule has 2 aromatic rings. The van der Waals surface area contributed by atoms with Crippen LogP contribution in [0.5, 0.6) is 0 Å². The number of hydrogen-bond acceptors (Lipinski definition) is 6. The average molecular weight is 390 g/mol. The molecule has 0 spiro atoms. The van der Waals surface area contributed by atoms with Gasteiger partial charge in [-0.3, -0.25) is 4.79 Å². The van der Waals surface area contributed by atoms with E-state index in [2.05, 4.69) is 16.4 Å². The zero-order chi connectivity index (χ0) is 19.5. The number of carbonyl (C=O) groups excluding carboxylic acids is 1. The summed E-state index contributed by atoms with van der Waals surface area (Å²) in [7, 11) is -3.78. The number of nitrogens with zero attached hydrogens (tertiary/aromatic N) is 2. The molecule has 0 radical (unpaired) electrons. The third-order valence-electron chi connectivity index (χ3n) is 3.53. The number of anilines is 1. The SMILES string of the molecule is Cc1cc(C)c(C#N)c(S[C@H](C)C(=O)Nc2ccc(S(N)(=O)=O)cc2)n1. The third-order valence-corrected chi connectivity index (χ3v) is 5.55. The highest BCUT2D eigenvalue weighted by molar-refractivity contribution is 8.00. The summed E-state index contributed by atoms with van der Waals surface area (Å²) >= 11 is 1.20. The van der Waals surface area contributed by atoms with Crippen LogP contribution in [-0.2, 0) is 14.8 Å². The Kier molecular flexibility index (Phi) is 6.02. The minimum atomic E-state index is -3.78. The van der Waals surface area contributed by atoms with Gasteiger partial charge in [0.2, 0.25) is 15.9 Å². The predicted molar refractivity (Wildman–Crippen MR) is 100 cm³/mol. The fraction of sp³-hybridized carbons (Fsp3) is 0.235. The van der Waals surface area contributed by atoms with E-state index in [9.17, 15) is 18.5 Å². The van der Waals surface area contributed by atoms with Crippen molar-refractivity contribution in [2.45, 2.75) is 35.9 Å². The Morgan fingerprint density at radius 3 is 2.46 bits per heavy atom. The van der Waals surface area contributed by atoms with Gasteiger partial charge in [0.25, 0.3) is 0 Å². The van der Waals surface area contributed by atoms with Gasteiger partial charge in [-0.2, -0.15) is 5.26 Å². The number of benzene rings is 1. The van der Waals surface area contributed by atoms with Crippen LogP contribution in [0.25, 0.3) is 0 Å². The quantitative estimate of drug-likeness (QED) is 0.755. The molecule has 0 aliphatic carbocycles. The zero-order valence-electron chi connectivity index (χ0n) is 14.5. The lowest BCUT2D eigenvalue weighted by molar-refractivity contribution is -0.115. The van der Waals surface area contributed by atoms with E-state index >= 15 is 0 Å². The molecule has 3 N–H and O–H groups in total. The van der Waals surface area contributed by atoms with Crippen molar-refractivity contribution in [1.29, 1.82) is 5.26 Å². The van der Waals surface area contributed by atoms with Gasteiger partial charge in [0.15, 0.2) is 0 Å². The maximum absolute atomic E-state index is 12.4. The number of nitrogens with two attached hydrogens (primary N) is 1. The Bertz CT molecular complexity index is 980. The highest BCUT2D eigenvalue weighted by atomic mass is 32.2. The van der Waals surface area contributed by atoms with E-state index in [-0.39, 0.29) is 10.8 Å². The minimum Gasteiger partial charge on any atom is -0.325 e. The summed E-state index contributed by atoms with van der Waals surface area (Å²) in [5, 5.41) is 17.1. The van der Waals surface area contributed by atoms with E-state index in [4.69, 9.17) is 5.14 Å². The maximum Gasteiger partial charge on any atom is 0.238 e. The number of aryl methyl sites for hydroxylation is 2. The highest BCUT2D eigenvalue weighted by Crippen LogP contribution is 2.28. The summed E-state index contributed by atoms with van der Waals surface area (Å²) in [6, 6.07) is 9.51. The van der Waals surface area contributed by atoms with Crippen LogP contribution in [0.1, 0.15) is 23.7 Å². The lowest BCUT2D eigenvalue weighted by Crippen LogP contribution is -2.22.